The average Bonchev–Trinajstić information content (AvgIpc) is 3.25. The largest absolute Gasteiger partial charge is 0.502 e. The summed E-state index contributed by atoms with van der Waals surface area (Å²) in [6, 6.07) is 12.5. The molecular formula is C34H35B2N3O5. The number of ether oxygens (including phenoxy) is 3. The maximum atomic E-state index is 12.8. The molecule has 0 unspecified atom stereocenters. The number of esters is 1. The number of anilines is 1. The van der Waals surface area contributed by atoms with Gasteiger partial charge in [-0.25, -0.2) is 9.59 Å². The molecular weight excluding hydrogens is 552 g/mol. The molecule has 0 aromatic heterocycles. The van der Waals surface area contributed by atoms with Crippen LogP contribution < -0.4 is 19.7 Å². The van der Waals surface area contributed by atoms with Gasteiger partial charge in [-0.05, 0) is 46.7 Å². The van der Waals surface area contributed by atoms with Gasteiger partial charge in [0.25, 0.3) is 0 Å². The van der Waals surface area contributed by atoms with Gasteiger partial charge in [0, 0.05) is 53.5 Å². The second-order valence-corrected chi connectivity index (χ2v) is 12.1. The summed E-state index contributed by atoms with van der Waals surface area (Å²) >= 11 is 0. The minimum absolute atomic E-state index is 0.0918. The molecule has 8 nitrogen and oxygen atoms in total. The fraction of sp³-hybridized carbons (Fsp3) is 0.353. The van der Waals surface area contributed by atoms with Crippen molar-refractivity contribution in [3.8, 4) is 22.6 Å². The van der Waals surface area contributed by atoms with E-state index in [1.807, 2.05) is 12.1 Å². The Hall–Kier alpha value is -4.33. The fourth-order valence-electron chi connectivity index (χ4n) is 6.59. The number of carbonyl (C=O) groups excluding carboxylic acids is 2. The molecule has 2 amide bonds. The summed E-state index contributed by atoms with van der Waals surface area (Å²) in [7, 11) is 14.2. The second kappa shape index (κ2) is 11.0. The van der Waals surface area contributed by atoms with E-state index in [1.165, 1.54) is 22.3 Å². The number of benzene rings is 3. The molecule has 2 heterocycles. The monoisotopic (exact) mass is 587 g/mol. The zero-order valence-electron chi connectivity index (χ0n) is 25.7. The summed E-state index contributed by atoms with van der Waals surface area (Å²) in [5.74, 6) is 0.872. The number of piperazine rings is 1. The molecule has 222 valence electrons. The minimum Gasteiger partial charge on any atom is -0.502 e. The van der Waals surface area contributed by atoms with E-state index in [0.29, 0.717) is 43.3 Å². The Bertz CT molecular complexity index is 1720. The van der Waals surface area contributed by atoms with Gasteiger partial charge in [-0.1, -0.05) is 56.8 Å². The first kappa shape index (κ1) is 29.7. The normalized spacial score (nSPS) is 17.3. The average molecular weight is 587 g/mol. The topological polar surface area (TPSA) is 80.3 Å². The van der Waals surface area contributed by atoms with Gasteiger partial charge >= 0.3 is 12.0 Å². The van der Waals surface area contributed by atoms with Crippen molar-refractivity contribution >= 4 is 50.2 Å². The van der Waals surface area contributed by atoms with Crippen molar-refractivity contribution in [1.82, 2.24) is 10.2 Å². The zero-order valence-corrected chi connectivity index (χ0v) is 25.7. The van der Waals surface area contributed by atoms with Crippen molar-refractivity contribution in [2.24, 2.45) is 0 Å². The third kappa shape index (κ3) is 5.00. The van der Waals surface area contributed by atoms with E-state index in [9.17, 15) is 9.59 Å². The Kier molecular flexibility index (Phi) is 7.42. The summed E-state index contributed by atoms with van der Waals surface area (Å²) in [6.07, 6.45) is 3.69. The van der Waals surface area contributed by atoms with Gasteiger partial charge < -0.3 is 29.3 Å². The third-order valence-corrected chi connectivity index (χ3v) is 8.75. The highest BCUT2D eigenvalue weighted by atomic mass is 16.5. The molecule has 3 aromatic carbocycles. The lowest BCUT2D eigenvalue weighted by atomic mass is 9.63. The zero-order chi connectivity index (χ0) is 31.4. The highest BCUT2D eigenvalue weighted by Gasteiger charge is 2.41. The van der Waals surface area contributed by atoms with E-state index in [2.05, 4.69) is 61.0 Å². The van der Waals surface area contributed by atoms with Crippen molar-refractivity contribution in [2.75, 3.05) is 51.3 Å². The molecule has 2 aliphatic heterocycles. The molecule has 1 saturated heterocycles. The standard InChI is InChI=1S/C34H35B2N3O5/c1-20(2)31(40)43-17-12-37-32(41)39-15-13-38(14-16-39)26-18-23-24(19-27(26)42-5)30-22(10-11-34(35,36)44-30)29-28(23)21-8-6-7-9-25(21)33(29,3)4/h6-11,18-19H,1,12-17H2,2-5H3,(H,37,41). The van der Waals surface area contributed by atoms with E-state index in [-0.39, 0.29) is 24.6 Å². The number of hydrogen-bond acceptors (Lipinski definition) is 6. The number of nitrogens with one attached hydrogen (secondary N) is 1. The Morgan fingerprint density at radius 1 is 1.09 bits per heavy atom. The molecule has 1 aliphatic carbocycles. The maximum Gasteiger partial charge on any atom is 0.333 e. The number of carbonyl (C=O) groups is 2. The SMILES string of the molecule is [B]C1([B])C=Cc2c3c(c4cc(N5CCN(C(=O)NCCOC(=O)C(=C)C)CC5)c(OC)cc4c2O1)-c1ccccc1C3(C)C. The lowest BCUT2D eigenvalue weighted by molar-refractivity contribution is -0.138. The quantitative estimate of drug-likeness (QED) is 0.198. The van der Waals surface area contributed by atoms with E-state index >= 15 is 0 Å². The van der Waals surface area contributed by atoms with Crippen molar-refractivity contribution < 1.29 is 23.8 Å². The molecule has 1 fully saturated rings. The summed E-state index contributed by atoms with van der Waals surface area (Å²) in [5.41, 5.74) is 6.76. The lowest BCUT2D eigenvalue weighted by Gasteiger charge is -2.37. The minimum atomic E-state index is -1.43. The van der Waals surface area contributed by atoms with Crippen molar-refractivity contribution in [3.63, 3.8) is 0 Å². The summed E-state index contributed by atoms with van der Waals surface area (Å²) < 4.78 is 17.3. The lowest BCUT2D eigenvalue weighted by Crippen LogP contribution is -2.52. The smallest absolute Gasteiger partial charge is 0.333 e. The second-order valence-electron chi connectivity index (χ2n) is 12.1. The van der Waals surface area contributed by atoms with E-state index in [1.54, 1.807) is 25.0 Å². The van der Waals surface area contributed by atoms with Gasteiger partial charge in [0.05, 0.1) is 19.3 Å². The van der Waals surface area contributed by atoms with Crippen molar-refractivity contribution in [3.05, 3.63) is 71.3 Å². The molecule has 0 spiro atoms. The Morgan fingerprint density at radius 2 is 1.82 bits per heavy atom. The number of rotatable bonds is 6. The predicted octanol–water partition coefficient (Wildman–Crippen LogP) is 4.50. The Labute approximate surface area is 260 Å². The third-order valence-electron chi connectivity index (χ3n) is 8.75. The highest BCUT2D eigenvalue weighted by Crippen LogP contribution is 2.57. The van der Waals surface area contributed by atoms with Gasteiger partial charge in [-0.2, -0.15) is 0 Å². The number of amides is 2. The van der Waals surface area contributed by atoms with Crippen LogP contribution in [-0.4, -0.2) is 84.4 Å². The first-order valence-corrected chi connectivity index (χ1v) is 14.8. The molecule has 10 heteroatoms. The van der Waals surface area contributed by atoms with E-state index in [4.69, 9.17) is 29.9 Å². The predicted molar refractivity (Wildman–Crippen MR) is 175 cm³/mol. The molecule has 0 atom stereocenters. The first-order valence-electron chi connectivity index (χ1n) is 14.8. The number of hydrogen-bond donors (Lipinski definition) is 1. The number of fused-ring (bicyclic) bond motifs is 8. The van der Waals surface area contributed by atoms with Gasteiger partial charge in [-0.15, -0.1) is 0 Å². The molecule has 6 rings (SSSR count). The summed E-state index contributed by atoms with van der Waals surface area (Å²) in [5, 5.41) is 3.30. The highest BCUT2D eigenvalue weighted by molar-refractivity contribution is 6.41. The van der Waals surface area contributed by atoms with Crippen molar-refractivity contribution in [1.29, 1.82) is 0 Å². The van der Waals surface area contributed by atoms with Crippen LogP contribution in [0.5, 0.6) is 11.5 Å². The molecule has 0 bridgehead atoms. The van der Waals surface area contributed by atoms with Crippen molar-refractivity contribution in [2.45, 2.75) is 31.6 Å². The van der Waals surface area contributed by atoms with E-state index in [0.717, 1.165) is 22.0 Å². The Morgan fingerprint density at radius 3 is 2.52 bits per heavy atom. The van der Waals surface area contributed by atoms with Gasteiger partial charge in [0.1, 0.15) is 33.8 Å². The van der Waals surface area contributed by atoms with Crippen LogP contribution in [0.4, 0.5) is 10.5 Å². The molecule has 3 aliphatic rings. The fourth-order valence-corrected chi connectivity index (χ4v) is 6.59. The van der Waals surface area contributed by atoms with Crippen LogP contribution in [0.1, 0.15) is 37.5 Å². The molecule has 0 saturated carbocycles. The molecule has 1 N–H and O–H groups in total. The van der Waals surface area contributed by atoms with Gasteiger partial charge in [0.15, 0.2) is 0 Å². The van der Waals surface area contributed by atoms with Crippen LogP contribution in [0.3, 0.4) is 0 Å². The van der Waals surface area contributed by atoms with Gasteiger partial charge in [0.2, 0.25) is 0 Å². The number of methoxy groups -OCH3 is 1. The van der Waals surface area contributed by atoms with Crippen LogP contribution in [-0.2, 0) is 14.9 Å². The number of urea groups is 1. The van der Waals surface area contributed by atoms with Crippen LogP contribution in [0, 0.1) is 0 Å². The van der Waals surface area contributed by atoms with Crippen LogP contribution in [0.15, 0.2) is 54.6 Å². The molecule has 3 aromatic rings. The Balaban J connectivity index is 1.33. The van der Waals surface area contributed by atoms with Gasteiger partial charge in [-0.3, -0.25) is 0 Å². The molecule has 44 heavy (non-hydrogen) atoms. The van der Waals surface area contributed by atoms with Crippen LogP contribution >= 0.6 is 0 Å². The summed E-state index contributed by atoms with van der Waals surface area (Å²) in [6.45, 7) is 12.2. The van der Waals surface area contributed by atoms with Crippen LogP contribution in [0.2, 0.25) is 0 Å². The summed E-state index contributed by atoms with van der Waals surface area (Å²) in [4.78, 5) is 28.4. The van der Waals surface area contributed by atoms with E-state index < -0.39 is 11.4 Å². The number of nitrogens with zero attached hydrogens (tertiary/aromatic N) is 2. The molecule has 4 radical (unpaired) electrons. The maximum absolute atomic E-state index is 12.8. The van der Waals surface area contributed by atoms with Crippen LogP contribution in [0.25, 0.3) is 28.0 Å². The first-order chi connectivity index (χ1) is 20.9.